The van der Waals surface area contributed by atoms with Crippen molar-refractivity contribution in [1.29, 1.82) is 0 Å². The van der Waals surface area contributed by atoms with Gasteiger partial charge < -0.3 is 25.4 Å². The Morgan fingerprint density at radius 1 is 1.19 bits per heavy atom. The highest BCUT2D eigenvalue weighted by Crippen LogP contribution is 2.35. The minimum absolute atomic E-state index is 0.0652. The van der Waals surface area contributed by atoms with Gasteiger partial charge in [-0.05, 0) is 43.2 Å². The second-order valence-corrected chi connectivity index (χ2v) is 7.70. The topological polar surface area (TPSA) is 115 Å². The highest BCUT2D eigenvalue weighted by atomic mass is 35.5. The van der Waals surface area contributed by atoms with Crippen molar-refractivity contribution in [3.05, 3.63) is 52.8 Å². The van der Waals surface area contributed by atoms with E-state index in [1.165, 1.54) is 0 Å². The van der Waals surface area contributed by atoms with Crippen LogP contribution in [0.15, 0.2) is 36.4 Å². The van der Waals surface area contributed by atoms with E-state index in [-0.39, 0.29) is 24.4 Å². The van der Waals surface area contributed by atoms with Crippen molar-refractivity contribution in [1.82, 2.24) is 15.0 Å². The van der Waals surface area contributed by atoms with Crippen LogP contribution in [0, 0.1) is 6.92 Å². The molecule has 1 fully saturated rings. The predicted octanol–water partition coefficient (Wildman–Crippen LogP) is 3.87. The van der Waals surface area contributed by atoms with Crippen LogP contribution >= 0.6 is 11.6 Å². The first-order chi connectivity index (χ1) is 15.4. The van der Waals surface area contributed by atoms with Crippen LogP contribution < -0.4 is 25.4 Å². The fraction of sp³-hybridized carbons (Fsp3) is 0.273. The Hall–Kier alpha value is -3.59. The summed E-state index contributed by atoms with van der Waals surface area (Å²) in [6.45, 7) is 2.64. The highest BCUT2D eigenvalue weighted by molar-refractivity contribution is 6.31. The lowest BCUT2D eigenvalue weighted by Crippen LogP contribution is -2.24. The second-order valence-electron chi connectivity index (χ2n) is 7.29. The number of amides is 1. The number of carbonyl (C=O) groups is 1. The molecule has 3 N–H and O–H groups in total. The van der Waals surface area contributed by atoms with Gasteiger partial charge in [0.15, 0.2) is 5.82 Å². The van der Waals surface area contributed by atoms with E-state index < -0.39 is 0 Å². The van der Waals surface area contributed by atoms with Gasteiger partial charge in [0.2, 0.25) is 17.8 Å². The summed E-state index contributed by atoms with van der Waals surface area (Å²) in [5.74, 6) is 1.94. The molecular weight excluding hydrogens is 432 g/mol. The number of nitrogens with zero attached hydrogens (tertiary/aromatic N) is 4. The summed E-state index contributed by atoms with van der Waals surface area (Å²) in [7, 11) is 1.57. The number of nitrogen functional groups attached to an aromatic ring is 1. The van der Waals surface area contributed by atoms with Gasteiger partial charge in [0, 0.05) is 29.7 Å². The van der Waals surface area contributed by atoms with Crippen LogP contribution in [0.25, 0.3) is 0 Å². The first kappa shape index (κ1) is 21.6. The molecule has 0 saturated carbocycles. The molecular formula is C22H23ClN6O3. The largest absolute Gasteiger partial charge is 0.495 e. The molecule has 0 bridgehead atoms. The normalized spacial score (nSPS) is 13.3. The molecule has 32 heavy (non-hydrogen) atoms. The van der Waals surface area contributed by atoms with Gasteiger partial charge in [-0.1, -0.05) is 17.7 Å². The molecule has 9 nitrogen and oxygen atoms in total. The number of halogens is 1. The average Bonchev–Trinajstić information content (AvgIpc) is 3.20. The van der Waals surface area contributed by atoms with Crippen LogP contribution in [0.1, 0.15) is 24.2 Å². The highest BCUT2D eigenvalue weighted by Gasteiger charge is 2.25. The molecule has 1 amide bonds. The van der Waals surface area contributed by atoms with Crippen molar-refractivity contribution in [3.8, 4) is 11.5 Å². The summed E-state index contributed by atoms with van der Waals surface area (Å²) in [5, 5.41) is 3.71. The molecule has 3 aromatic rings. The monoisotopic (exact) mass is 454 g/mol. The SMILES string of the molecule is COc1ccc(OCc2nc(N)nc(Nc3ccc(C)c(Cl)c3)n2)cc1N1CCCC1=O. The number of aryl methyl sites for hydroxylation is 1. The Morgan fingerprint density at radius 3 is 2.75 bits per heavy atom. The van der Waals surface area contributed by atoms with Crippen LogP contribution in [-0.2, 0) is 11.4 Å². The van der Waals surface area contributed by atoms with Gasteiger partial charge in [-0.25, -0.2) is 0 Å². The lowest BCUT2D eigenvalue weighted by atomic mass is 10.2. The Labute approximate surface area is 190 Å². The molecule has 0 spiro atoms. The molecule has 1 aromatic heterocycles. The van der Waals surface area contributed by atoms with Gasteiger partial charge in [0.25, 0.3) is 0 Å². The molecule has 0 radical (unpaired) electrons. The lowest BCUT2D eigenvalue weighted by molar-refractivity contribution is -0.117. The van der Waals surface area contributed by atoms with Crippen LogP contribution in [-0.4, -0.2) is 34.5 Å². The Morgan fingerprint density at radius 2 is 2.03 bits per heavy atom. The number of benzene rings is 2. The third-order valence-corrected chi connectivity index (χ3v) is 5.42. The maximum Gasteiger partial charge on any atom is 0.232 e. The van der Waals surface area contributed by atoms with Crippen molar-refractivity contribution in [2.24, 2.45) is 0 Å². The number of methoxy groups -OCH3 is 1. The Balaban J connectivity index is 1.50. The number of anilines is 4. The molecule has 0 atom stereocenters. The van der Waals surface area contributed by atoms with E-state index >= 15 is 0 Å². The van der Waals surface area contributed by atoms with Crippen LogP contribution in [0.2, 0.25) is 5.02 Å². The number of nitrogens with one attached hydrogen (secondary N) is 1. The van der Waals surface area contributed by atoms with E-state index in [0.717, 1.165) is 17.7 Å². The number of carbonyl (C=O) groups excluding carboxylic acids is 1. The summed E-state index contributed by atoms with van der Waals surface area (Å²) in [6.07, 6.45) is 1.35. The van der Waals surface area contributed by atoms with Crippen LogP contribution in [0.3, 0.4) is 0 Å². The molecule has 10 heteroatoms. The van der Waals surface area contributed by atoms with Gasteiger partial charge in [-0.3, -0.25) is 4.79 Å². The number of aromatic nitrogens is 3. The molecule has 166 valence electrons. The Kier molecular flexibility index (Phi) is 6.27. The predicted molar refractivity (Wildman–Crippen MR) is 123 cm³/mol. The maximum absolute atomic E-state index is 12.2. The quantitative estimate of drug-likeness (QED) is 0.552. The third kappa shape index (κ3) is 4.83. The first-order valence-corrected chi connectivity index (χ1v) is 10.5. The fourth-order valence-electron chi connectivity index (χ4n) is 3.38. The minimum atomic E-state index is 0.0652. The van der Waals surface area contributed by atoms with Gasteiger partial charge in [-0.15, -0.1) is 0 Å². The van der Waals surface area contributed by atoms with E-state index in [9.17, 15) is 4.79 Å². The van der Waals surface area contributed by atoms with Crippen molar-refractivity contribution in [2.75, 3.05) is 29.6 Å². The van der Waals surface area contributed by atoms with Crippen LogP contribution in [0.4, 0.5) is 23.3 Å². The lowest BCUT2D eigenvalue weighted by Gasteiger charge is -2.20. The van der Waals surface area contributed by atoms with Gasteiger partial charge >= 0.3 is 0 Å². The summed E-state index contributed by atoms with van der Waals surface area (Å²) < 4.78 is 11.3. The molecule has 0 aliphatic carbocycles. The zero-order chi connectivity index (χ0) is 22.7. The molecule has 2 aromatic carbocycles. The van der Waals surface area contributed by atoms with Gasteiger partial charge in [0.1, 0.15) is 18.1 Å². The summed E-state index contributed by atoms with van der Waals surface area (Å²) in [4.78, 5) is 26.5. The zero-order valence-corrected chi connectivity index (χ0v) is 18.5. The van der Waals surface area contributed by atoms with Crippen molar-refractivity contribution in [3.63, 3.8) is 0 Å². The van der Waals surface area contributed by atoms with Gasteiger partial charge in [-0.2, -0.15) is 15.0 Å². The molecule has 0 unspecified atom stereocenters. The van der Waals surface area contributed by atoms with Crippen molar-refractivity contribution >= 4 is 40.8 Å². The maximum atomic E-state index is 12.2. The van der Waals surface area contributed by atoms with E-state index in [4.69, 9.17) is 26.8 Å². The van der Waals surface area contributed by atoms with E-state index in [1.807, 2.05) is 19.1 Å². The molecule has 1 aliphatic heterocycles. The third-order valence-electron chi connectivity index (χ3n) is 5.01. The second kappa shape index (κ2) is 9.27. The Bertz CT molecular complexity index is 1160. The summed E-state index contributed by atoms with van der Waals surface area (Å²) >= 11 is 6.18. The smallest absolute Gasteiger partial charge is 0.232 e. The fourth-order valence-corrected chi connectivity index (χ4v) is 3.56. The summed E-state index contributed by atoms with van der Waals surface area (Å²) in [5.41, 5.74) is 8.23. The summed E-state index contributed by atoms with van der Waals surface area (Å²) in [6, 6.07) is 10.9. The molecule has 1 saturated heterocycles. The molecule has 4 rings (SSSR count). The molecule has 2 heterocycles. The number of hydrogen-bond donors (Lipinski definition) is 2. The number of nitrogens with two attached hydrogens (primary N) is 1. The number of rotatable bonds is 7. The number of ether oxygens (including phenoxy) is 2. The average molecular weight is 455 g/mol. The van der Waals surface area contributed by atoms with Crippen LogP contribution in [0.5, 0.6) is 11.5 Å². The zero-order valence-electron chi connectivity index (χ0n) is 17.8. The minimum Gasteiger partial charge on any atom is -0.495 e. The first-order valence-electron chi connectivity index (χ1n) is 10.1. The number of hydrogen-bond acceptors (Lipinski definition) is 8. The van der Waals surface area contributed by atoms with Crippen molar-refractivity contribution < 1.29 is 14.3 Å². The van der Waals surface area contributed by atoms with Gasteiger partial charge in [0.05, 0.1) is 12.8 Å². The van der Waals surface area contributed by atoms with Crippen molar-refractivity contribution in [2.45, 2.75) is 26.4 Å². The van der Waals surface area contributed by atoms with E-state index in [0.29, 0.717) is 41.0 Å². The standard InChI is InChI=1S/C22H23ClN6O3/c1-13-5-6-14(10-16(13)23)25-22-27-19(26-21(24)28-22)12-32-15-7-8-18(31-2)17(11-15)29-9-3-4-20(29)30/h5-8,10-11H,3-4,9,12H2,1-2H3,(H3,24,25,26,27,28). The van der Waals surface area contributed by atoms with E-state index in [2.05, 4.69) is 20.3 Å². The molecule has 1 aliphatic rings. The van der Waals surface area contributed by atoms with E-state index in [1.54, 1.807) is 36.3 Å².